The molecule has 236 valence electrons. The van der Waals surface area contributed by atoms with Crippen LogP contribution in [0.25, 0.3) is 0 Å². The monoisotopic (exact) mass is 669 g/mol. The number of sulfonamides is 1. The number of carbonyl (C=O) groups is 2. The molecule has 2 amide bonds. The van der Waals surface area contributed by atoms with Gasteiger partial charge in [-0.2, -0.15) is 0 Å². The number of likely N-dealkylation sites (N-methyl/N-ethyl adjacent to an activating group) is 1. The topological polar surface area (TPSA) is 105 Å². The zero-order chi connectivity index (χ0) is 32.6. The third-order valence-electron chi connectivity index (χ3n) is 7.19. The Balaban J connectivity index is 1.84. The first-order chi connectivity index (χ1) is 21.6. The molecule has 0 aliphatic carbocycles. The van der Waals surface area contributed by atoms with Gasteiger partial charge in [0.2, 0.25) is 11.8 Å². The summed E-state index contributed by atoms with van der Waals surface area (Å²) in [5.74, 6) is -0.419. The van der Waals surface area contributed by atoms with Crippen molar-refractivity contribution in [3.8, 4) is 11.5 Å². The molecule has 0 saturated carbocycles. The Morgan fingerprint density at radius 1 is 0.822 bits per heavy atom. The SMILES string of the molecule is CNC(=O)C(Cc1ccccc1)N(Cc1c(Cl)cccc1Cl)C(=O)CN(c1ccccc1OC)S(=O)(=O)c1ccc(OC)cc1. The Kier molecular flexibility index (Phi) is 11.3. The van der Waals surface area contributed by atoms with Crippen LogP contribution < -0.4 is 19.1 Å². The van der Waals surface area contributed by atoms with Crippen LogP contribution in [0.3, 0.4) is 0 Å². The summed E-state index contributed by atoms with van der Waals surface area (Å²) < 4.78 is 40.1. The third-order valence-corrected chi connectivity index (χ3v) is 9.67. The van der Waals surface area contributed by atoms with Crippen molar-refractivity contribution in [1.82, 2.24) is 10.2 Å². The van der Waals surface area contributed by atoms with E-state index < -0.39 is 34.4 Å². The molecule has 4 aromatic carbocycles. The summed E-state index contributed by atoms with van der Waals surface area (Å²) >= 11 is 13.0. The maximum absolute atomic E-state index is 14.5. The molecule has 1 unspecified atom stereocenters. The number of halogens is 2. The van der Waals surface area contributed by atoms with Crippen molar-refractivity contribution in [2.24, 2.45) is 0 Å². The molecule has 9 nitrogen and oxygen atoms in total. The van der Waals surface area contributed by atoms with Crippen LogP contribution in [0.15, 0.2) is 102 Å². The minimum atomic E-state index is -4.34. The summed E-state index contributed by atoms with van der Waals surface area (Å²) in [6, 6.07) is 25.4. The zero-order valence-corrected chi connectivity index (χ0v) is 27.3. The van der Waals surface area contributed by atoms with Gasteiger partial charge in [-0.3, -0.25) is 13.9 Å². The highest BCUT2D eigenvalue weighted by atomic mass is 35.5. The number of benzene rings is 4. The van der Waals surface area contributed by atoms with E-state index >= 15 is 0 Å². The number of para-hydroxylation sites is 2. The predicted molar refractivity (Wildman–Crippen MR) is 176 cm³/mol. The van der Waals surface area contributed by atoms with Crippen molar-refractivity contribution in [3.63, 3.8) is 0 Å². The smallest absolute Gasteiger partial charge is 0.264 e. The lowest BCUT2D eigenvalue weighted by atomic mass is 10.0. The van der Waals surface area contributed by atoms with Crippen LogP contribution in [0.1, 0.15) is 11.1 Å². The molecule has 0 saturated heterocycles. The van der Waals surface area contributed by atoms with Crippen LogP contribution in [-0.4, -0.2) is 59.0 Å². The molecule has 0 bridgehead atoms. The quantitative estimate of drug-likeness (QED) is 0.199. The molecule has 0 radical (unpaired) electrons. The number of hydrogen-bond donors (Lipinski definition) is 1. The average molecular weight is 671 g/mol. The number of amides is 2. The molecule has 4 rings (SSSR count). The van der Waals surface area contributed by atoms with E-state index in [-0.39, 0.29) is 29.3 Å². The van der Waals surface area contributed by atoms with Gasteiger partial charge in [0.15, 0.2) is 0 Å². The number of nitrogens with one attached hydrogen (secondary N) is 1. The van der Waals surface area contributed by atoms with Crippen LogP contribution in [0.5, 0.6) is 11.5 Å². The van der Waals surface area contributed by atoms with Gasteiger partial charge in [0, 0.05) is 35.6 Å². The van der Waals surface area contributed by atoms with Crippen LogP contribution >= 0.6 is 23.2 Å². The van der Waals surface area contributed by atoms with E-state index in [1.165, 1.54) is 50.4 Å². The Labute approximate surface area is 273 Å². The van der Waals surface area contributed by atoms with E-state index in [1.54, 1.807) is 42.5 Å². The number of methoxy groups -OCH3 is 2. The summed E-state index contributed by atoms with van der Waals surface area (Å²) in [4.78, 5) is 29.1. The van der Waals surface area contributed by atoms with Gasteiger partial charge in [0.05, 0.1) is 24.8 Å². The number of rotatable bonds is 13. The zero-order valence-electron chi connectivity index (χ0n) is 24.9. The molecule has 1 atom stereocenters. The predicted octanol–water partition coefficient (Wildman–Crippen LogP) is 5.59. The van der Waals surface area contributed by atoms with E-state index in [0.717, 1.165) is 9.87 Å². The molecule has 0 fully saturated rings. The van der Waals surface area contributed by atoms with Gasteiger partial charge in [-0.25, -0.2) is 8.42 Å². The summed E-state index contributed by atoms with van der Waals surface area (Å²) in [7, 11) is 0.0131. The molecule has 0 spiro atoms. The highest BCUT2D eigenvalue weighted by molar-refractivity contribution is 7.92. The fourth-order valence-electron chi connectivity index (χ4n) is 4.80. The molecule has 45 heavy (non-hydrogen) atoms. The highest BCUT2D eigenvalue weighted by Crippen LogP contribution is 2.34. The number of hydrogen-bond acceptors (Lipinski definition) is 6. The van der Waals surface area contributed by atoms with Crippen molar-refractivity contribution in [1.29, 1.82) is 0 Å². The van der Waals surface area contributed by atoms with Gasteiger partial charge >= 0.3 is 0 Å². The van der Waals surface area contributed by atoms with E-state index in [1.807, 2.05) is 30.3 Å². The Morgan fingerprint density at radius 2 is 1.44 bits per heavy atom. The largest absolute Gasteiger partial charge is 0.497 e. The minimum absolute atomic E-state index is 0.0742. The third kappa shape index (κ3) is 7.89. The van der Waals surface area contributed by atoms with Crippen molar-refractivity contribution in [3.05, 3.63) is 118 Å². The number of carbonyl (C=O) groups excluding carboxylic acids is 2. The fourth-order valence-corrected chi connectivity index (χ4v) is 6.74. The molecule has 0 aliphatic rings. The van der Waals surface area contributed by atoms with Crippen LogP contribution in [0, 0.1) is 0 Å². The Morgan fingerprint density at radius 3 is 2.04 bits per heavy atom. The molecule has 0 aliphatic heterocycles. The minimum Gasteiger partial charge on any atom is -0.497 e. The molecule has 0 aromatic heterocycles. The lowest BCUT2D eigenvalue weighted by Crippen LogP contribution is -2.53. The van der Waals surface area contributed by atoms with E-state index in [0.29, 0.717) is 21.4 Å². The molecular formula is C33H33Cl2N3O6S. The first kappa shape index (κ1) is 33.6. The Bertz CT molecular complexity index is 1720. The second-order valence-electron chi connectivity index (χ2n) is 9.90. The van der Waals surface area contributed by atoms with Gasteiger partial charge < -0.3 is 19.7 Å². The van der Waals surface area contributed by atoms with Crippen LogP contribution in [0.4, 0.5) is 5.69 Å². The van der Waals surface area contributed by atoms with Gasteiger partial charge in [0.1, 0.15) is 24.1 Å². The number of ether oxygens (including phenoxy) is 2. The Hall–Kier alpha value is -4.25. The van der Waals surface area contributed by atoms with Crippen LogP contribution in [0.2, 0.25) is 10.0 Å². The number of anilines is 1. The standard InChI is InChI=1S/C33H33Cl2N3O6S/c1-36-33(40)30(20-23-10-5-4-6-11-23)37(21-26-27(34)12-9-13-28(26)35)32(39)22-38(29-14-7-8-15-31(29)44-3)45(41,42)25-18-16-24(43-2)17-19-25/h4-19,30H,20-22H2,1-3H3,(H,36,40). The van der Waals surface area contributed by atoms with Gasteiger partial charge in [0.25, 0.3) is 10.0 Å². The van der Waals surface area contributed by atoms with Gasteiger partial charge in [-0.1, -0.05) is 71.7 Å². The van der Waals surface area contributed by atoms with Gasteiger partial charge in [-0.15, -0.1) is 0 Å². The maximum atomic E-state index is 14.5. The highest BCUT2D eigenvalue weighted by Gasteiger charge is 2.35. The van der Waals surface area contributed by atoms with Crippen LogP contribution in [-0.2, 0) is 32.6 Å². The van der Waals surface area contributed by atoms with E-state index in [9.17, 15) is 18.0 Å². The number of nitrogens with zero attached hydrogens (tertiary/aromatic N) is 2. The first-order valence-corrected chi connectivity index (χ1v) is 16.1. The summed E-state index contributed by atoms with van der Waals surface area (Å²) in [6.07, 6.45) is 0.147. The first-order valence-electron chi connectivity index (χ1n) is 13.9. The average Bonchev–Trinajstić information content (AvgIpc) is 3.06. The second-order valence-corrected chi connectivity index (χ2v) is 12.6. The molecule has 1 N–H and O–H groups in total. The van der Waals surface area contributed by atoms with Crippen molar-refractivity contribution < 1.29 is 27.5 Å². The van der Waals surface area contributed by atoms with E-state index in [2.05, 4.69) is 5.32 Å². The van der Waals surface area contributed by atoms with E-state index in [4.69, 9.17) is 32.7 Å². The second kappa shape index (κ2) is 15.2. The van der Waals surface area contributed by atoms with Crippen molar-refractivity contribution >= 4 is 50.7 Å². The molecule has 12 heteroatoms. The lowest BCUT2D eigenvalue weighted by molar-refractivity contribution is -0.139. The normalized spacial score (nSPS) is 11.8. The summed E-state index contributed by atoms with van der Waals surface area (Å²) in [5, 5.41) is 3.23. The van der Waals surface area contributed by atoms with Crippen molar-refractivity contribution in [2.45, 2.75) is 23.9 Å². The molecule has 0 heterocycles. The van der Waals surface area contributed by atoms with Crippen molar-refractivity contribution in [2.75, 3.05) is 32.1 Å². The maximum Gasteiger partial charge on any atom is 0.264 e. The fraction of sp³-hybridized carbons (Fsp3) is 0.212. The molecule has 4 aromatic rings. The summed E-state index contributed by atoms with van der Waals surface area (Å²) in [5.41, 5.74) is 1.35. The lowest BCUT2D eigenvalue weighted by Gasteiger charge is -2.34. The summed E-state index contributed by atoms with van der Waals surface area (Å²) in [6.45, 7) is -0.830. The molecular weight excluding hydrogens is 637 g/mol. The van der Waals surface area contributed by atoms with Gasteiger partial charge in [-0.05, 0) is 54.1 Å².